The fourth-order valence-corrected chi connectivity index (χ4v) is 4.02. The molecule has 1 aromatic heterocycles. The zero-order valence-corrected chi connectivity index (χ0v) is 19.6. The van der Waals surface area contributed by atoms with Crippen LogP contribution in [0.25, 0.3) is 10.8 Å². The van der Waals surface area contributed by atoms with E-state index in [1.165, 1.54) is 11.8 Å². The molecule has 4 rings (SSSR count). The van der Waals surface area contributed by atoms with Crippen LogP contribution in [0, 0.1) is 6.92 Å². The van der Waals surface area contributed by atoms with Gasteiger partial charge in [0.15, 0.2) is 6.61 Å². The number of carbonyl (C=O) groups is 1. The Morgan fingerprint density at radius 1 is 1.03 bits per heavy atom. The van der Waals surface area contributed by atoms with Crippen LogP contribution in [0.3, 0.4) is 0 Å². The van der Waals surface area contributed by atoms with Crippen LogP contribution < -0.4 is 9.47 Å². The van der Waals surface area contributed by atoms with Crippen molar-refractivity contribution < 1.29 is 18.7 Å². The summed E-state index contributed by atoms with van der Waals surface area (Å²) in [5.41, 5.74) is 2.17. The van der Waals surface area contributed by atoms with Crippen molar-refractivity contribution in [2.45, 2.75) is 25.3 Å². The zero-order valence-electron chi connectivity index (χ0n) is 18.8. The highest BCUT2D eigenvalue weighted by molar-refractivity contribution is 7.99. The van der Waals surface area contributed by atoms with Gasteiger partial charge in [0, 0.05) is 13.6 Å². The molecule has 0 bridgehead atoms. The number of rotatable bonds is 9. The zero-order chi connectivity index (χ0) is 23.2. The summed E-state index contributed by atoms with van der Waals surface area (Å²) in [4.78, 5) is 14.3. The van der Waals surface area contributed by atoms with Gasteiger partial charge in [-0.1, -0.05) is 42.1 Å². The molecule has 8 heteroatoms. The Kier molecular flexibility index (Phi) is 7.14. The summed E-state index contributed by atoms with van der Waals surface area (Å²) in [6.07, 6.45) is 0. The number of nitrogens with zero attached hydrogens (tertiary/aromatic N) is 3. The van der Waals surface area contributed by atoms with Crippen LogP contribution in [0.2, 0.25) is 0 Å². The summed E-state index contributed by atoms with van der Waals surface area (Å²) >= 11 is 1.22. The van der Waals surface area contributed by atoms with Crippen molar-refractivity contribution in [2.24, 2.45) is 0 Å². The minimum absolute atomic E-state index is 0.0226. The maximum absolute atomic E-state index is 12.6. The lowest BCUT2D eigenvalue weighted by molar-refractivity contribution is -0.127. The van der Waals surface area contributed by atoms with Gasteiger partial charge < -0.3 is 18.8 Å². The van der Waals surface area contributed by atoms with Gasteiger partial charge in [-0.25, -0.2) is 0 Å². The van der Waals surface area contributed by atoms with Gasteiger partial charge in [0.2, 0.25) is 5.91 Å². The van der Waals surface area contributed by atoms with Gasteiger partial charge in [-0.05, 0) is 59.2 Å². The molecule has 170 valence electrons. The minimum atomic E-state index is -0.0226. The summed E-state index contributed by atoms with van der Waals surface area (Å²) in [7, 11) is 3.44. The number of fused-ring (bicyclic) bond motifs is 1. The molecule has 0 N–H and O–H groups in total. The molecule has 0 spiro atoms. The maximum atomic E-state index is 12.6. The van der Waals surface area contributed by atoms with Crippen LogP contribution in [-0.4, -0.2) is 40.9 Å². The van der Waals surface area contributed by atoms with Crippen molar-refractivity contribution in [3.05, 3.63) is 77.7 Å². The molecule has 0 atom stereocenters. The standard InChI is InChI=1S/C25H25N3O4S/c1-17-5-4-6-22(11-17)31-15-23-26-27-25(32-23)33-16-24(29)28(2)14-18-7-8-20-13-21(30-3)10-9-19(20)12-18/h4-13H,14-16H2,1-3H3. The Hall–Kier alpha value is -3.52. The van der Waals surface area contributed by atoms with Crippen LogP contribution in [0.15, 0.2) is 70.3 Å². The first-order chi connectivity index (χ1) is 16.0. The van der Waals surface area contributed by atoms with E-state index in [4.69, 9.17) is 13.9 Å². The van der Waals surface area contributed by atoms with Gasteiger partial charge >= 0.3 is 0 Å². The highest BCUT2D eigenvalue weighted by atomic mass is 32.2. The van der Waals surface area contributed by atoms with E-state index in [-0.39, 0.29) is 18.3 Å². The number of carbonyl (C=O) groups excluding carboxylic acids is 1. The second-order valence-electron chi connectivity index (χ2n) is 7.65. The van der Waals surface area contributed by atoms with Crippen molar-refractivity contribution in [1.82, 2.24) is 15.1 Å². The second kappa shape index (κ2) is 10.4. The van der Waals surface area contributed by atoms with Crippen LogP contribution in [-0.2, 0) is 17.9 Å². The van der Waals surface area contributed by atoms with Gasteiger partial charge in [-0.15, -0.1) is 10.2 Å². The molecule has 0 radical (unpaired) electrons. The molecule has 0 fully saturated rings. The maximum Gasteiger partial charge on any atom is 0.277 e. The predicted molar refractivity (Wildman–Crippen MR) is 128 cm³/mol. The van der Waals surface area contributed by atoms with Crippen LogP contribution in [0.1, 0.15) is 17.0 Å². The van der Waals surface area contributed by atoms with Crippen molar-refractivity contribution in [1.29, 1.82) is 0 Å². The number of aryl methyl sites for hydroxylation is 1. The summed E-state index contributed by atoms with van der Waals surface area (Å²) in [6, 6.07) is 19.8. The Bertz CT molecular complexity index is 1260. The first-order valence-electron chi connectivity index (χ1n) is 10.5. The van der Waals surface area contributed by atoms with E-state index >= 15 is 0 Å². The molecule has 0 aliphatic heterocycles. The first-order valence-corrected chi connectivity index (χ1v) is 11.4. The largest absolute Gasteiger partial charge is 0.497 e. The lowest BCUT2D eigenvalue weighted by atomic mass is 10.1. The summed E-state index contributed by atoms with van der Waals surface area (Å²) < 4.78 is 16.5. The van der Waals surface area contributed by atoms with Gasteiger partial charge in [-0.2, -0.15) is 0 Å². The smallest absolute Gasteiger partial charge is 0.277 e. The summed E-state index contributed by atoms with van der Waals surface area (Å²) in [6.45, 7) is 2.69. The molecule has 7 nitrogen and oxygen atoms in total. The Morgan fingerprint density at radius 2 is 1.85 bits per heavy atom. The fourth-order valence-electron chi connectivity index (χ4n) is 3.30. The third kappa shape index (κ3) is 6.04. The first kappa shape index (κ1) is 22.7. The van der Waals surface area contributed by atoms with E-state index in [0.29, 0.717) is 17.7 Å². The number of hydrogen-bond acceptors (Lipinski definition) is 7. The van der Waals surface area contributed by atoms with E-state index in [1.54, 1.807) is 19.1 Å². The lowest BCUT2D eigenvalue weighted by Gasteiger charge is -2.17. The third-order valence-electron chi connectivity index (χ3n) is 5.08. The molecule has 33 heavy (non-hydrogen) atoms. The number of aromatic nitrogens is 2. The number of thioether (sulfide) groups is 1. The van der Waals surface area contributed by atoms with E-state index < -0.39 is 0 Å². The molecule has 4 aromatic rings. The highest BCUT2D eigenvalue weighted by Crippen LogP contribution is 2.23. The molecule has 0 aliphatic rings. The highest BCUT2D eigenvalue weighted by Gasteiger charge is 2.14. The SMILES string of the molecule is COc1ccc2cc(CN(C)C(=O)CSc3nnc(COc4cccc(C)c4)o3)ccc2c1. The van der Waals surface area contributed by atoms with Crippen LogP contribution >= 0.6 is 11.8 Å². The van der Waals surface area contributed by atoms with Gasteiger partial charge in [-0.3, -0.25) is 4.79 Å². The average Bonchev–Trinajstić information content (AvgIpc) is 3.28. The summed E-state index contributed by atoms with van der Waals surface area (Å²) in [5.74, 6) is 2.12. The van der Waals surface area contributed by atoms with Gasteiger partial charge in [0.25, 0.3) is 11.1 Å². The van der Waals surface area contributed by atoms with E-state index in [9.17, 15) is 4.79 Å². The molecule has 0 saturated carbocycles. The molecule has 0 aliphatic carbocycles. The Labute approximate surface area is 196 Å². The van der Waals surface area contributed by atoms with Crippen molar-refractivity contribution >= 4 is 28.4 Å². The van der Waals surface area contributed by atoms with Gasteiger partial charge in [0.05, 0.1) is 12.9 Å². The van der Waals surface area contributed by atoms with Gasteiger partial charge in [0.1, 0.15) is 11.5 Å². The van der Waals surface area contributed by atoms with E-state index in [2.05, 4.69) is 16.3 Å². The van der Waals surface area contributed by atoms with Crippen molar-refractivity contribution in [2.75, 3.05) is 19.9 Å². The number of hydrogen-bond donors (Lipinski definition) is 0. The van der Waals surface area contributed by atoms with Crippen molar-refractivity contribution in [3.8, 4) is 11.5 Å². The molecule has 0 unspecified atom stereocenters. The number of amides is 1. The molecule has 0 saturated heterocycles. The van der Waals surface area contributed by atoms with Crippen LogP contribution in [0.4, 0.5) is 0 Å². The number of methoxy groups -OCH3 is 1. The summed E-state index contributed by atoms with van der Waals surface area (Å²) in [5, 5.41) is 10.5. The quantitative estimate of drug-likeness (QED) is 0.328. The average molecular weight is 464 g/mol. The van der Waals surface area contributed by atoms with E-state index in [1.807, 2.05) is 61.5 Å². The number of benzene rings is 3. The second-order valence-corrected chi connectivity index (χ2v) is 8.58. The Morgan fingerprint density at radius 3 is 2.67 bits per heavy atom. The monoisotopic (exact) mass is 463 g/mol. The molecule has 1 amide bonds. The molecule has 1 heterocycles. The third-order valence-corrected chi connectivity index (χ3v) is 5.88. The van der Waals surface area contributed by atoms with Crippen molar-refractivity contribution in [3.63, 3.8) is 0 Å². The van der Waals surface area contributed by atoms with Crippen LogP contribution in [0.5, 0.6) is 11.5 Å². The minimum Gasteiger partial charge on any atom is -0.497 e. The number of ether oxygens (including phenoxy) is 2. The normalized spacial score (nSPS) is 10.9. The van der Waals surface area contributed by atoms with E-state index in [0.717, 1.165) is 33.4 Å². The molecular formula is C25H25N3O4S. The Balaban J connectivity index is 1.27. The topological polar surface area (TPSA) is 77.7 Å². The molecular weight excluding hydrogens is 438 g/mol. The lowest BCUT2D eigenvalue weighted by Crippen LogP contribution is -2.27. The predicted octanol–water partition coefficient (Wildman–Crippen LogP) is 4.87. The molecule has 3 aromatic carbocycles. The fraction of sp³-hybridized carbons (Fsp3) is 0.240.